The number of carbonyl (C=O) groups is 2. The predicted molar refractivity (Wildman–Crippen MR) is 111 cm³/mol. The summed E-state index contributed by atoms with van der Waals surface area (Å²) < 4.78 is 12.1. The van der Waals surface area contributed by atoms with E-state index in [9.17, 15) is 9.59 Å². The van der Waals surface area contributed by atoms with Crippen LogP contribution in [0, 0.1) is 0 Å². The second-order valence-electron chi connectivity index (χ2n) is 6.16. The van der Waals surface area contributed by atoms with Crippen LogP contribution < -0.4 is 0 Å². The normalized spacial score (nSPS) is 10.9. The maximum Gasteiger partial charge on any atom is 0.338 e. The van der Waals surface area contributed by atoms with Crippen molar-refractivity contribution in [3.63, 3.8) is 0 Å². The Morgan fingerprint density at radius 2 is 1.85 bits per heavy atom. The Kier molecular flexibility index (Phi) is 9.62. The molecule has 1 heterocycles. The lowest BCUT2D eigenvalue weighted by atomic mass is 10.1. The van der Waals surface area contributed by atoms with E-state index in [1.165, 1.54) is 48.8 Å². The van der Waals surface area contributed by atoms with Crippen LogP contribution >= 0.6 is 23.1 Å². The Morgan fingerprint density at radius 3 is 2.63 bits per heavy atom. The zero-order chi connectivity index (χ0) is 19.5. The highest BCUT2D eigenvalue weighted by atomic mass is 32.2. The van der Waals surface area contributed by atoms with Gasteiger partial charge in [-0.3, -0.25) is 4.79 Å². The molecule has 5 nitrogen and oxygen atoms in total. The van der Waals surface area contributed by atoms with Gasteiger partial charge >= 0.3 is 11.9 Å². The molecule has 0 unspecified atom stereocenters. The molecule has 0 spiro atoms. The van der Waals surface area contributed by atoms with E-state index in [4.69, 9.17) is 9.47 Å². The summed E-state index contributed by atoms with van der Waals surface area (Å²) in [4.78, 5) is 28.1. The molecule has 0 saturated heterocycles. The van der Waals surface area contributed by atoms with Gasteiger partial charge in [0.2, 0.25) is 0 Å². The fraction of sp³-hybridized carbons (Fsp3) is 0.550. The van der Waals surface area contributed by atoms with E-state index in [0.29, 0.717) is 18.8 Å². The first kappa shape index (κ1) is 21.7. The lowest BCUT2D eigenvalue weighted by molar-refractivity contribution is -0.140. The van der Waals surface area contributed by atoms with Crippen molar-refractivity contribution in [3.8, 4) is 0 Å². The molecule has 2 rings (SSSR count). The minimum absolute atomic E-state index is 0.208. The van der Waals surface area contributed by atoms with Crippen molar-refractivity contribution in [2.45, 2.75) is 56.7 Å². The molecule has 7 heteroatoms. The number of thiazole rings is 1. The van der Waals surface area contributed by atoms with Gasteiger partial charge in [-0.15, -0.1) is 11.3 Å². The third-order valence-electron chi connectivity index (χ3n) is 3.95. The number of rotatable bonds is 12. The van der Waals surface area contributed by atoms with Crippen molar-refractivity contribution in [2.75, 3.05) is 19.0 Å². The van der Waals surface area contributed by atoms with Crippen molar-refractivity contribution < 1.29 is 19.1 Å². The van der Waals surface area contributed by atoms with E-state index in [0.717, 1.165) is 27.4 Å². The van der Waals surface area contributed by atoms with Crippen molar-refractivity contribution in [3.05, 3.63) is 23.8 Å². The second-order valence-corrected chi connectivity index (χ2v) is 8.41. The molecule has 0 N–H and O–H groups in total. The number of nitrogens with zero attached hydrogens (tertiary/aromatic N) is 1. The van der Waals surface area contributed by atoms with Gasteiger partial charge in [0.05, 0.1) is 34.7 Å². The highest BCUT2D eigenvalue weighted by Gasteiger charge is 2.12. The summed E-state index contributed by atoms with van der Waals surface area (Å²) in [5, 5.41) is 0. The van der Waals surface area contributed by atoms with E-state index < -0.39 is 0 Å². The molecule has 0 radical (unpaired) electrons. The first-order chi connectivity index (χ1) is 13.1. The number of aromatic nitrogens is 1. The maximum absolute atomic E-state index is 11.9. The number of fused-ring (bicyclic) bond motifs is 1. The molecular formula is C20H27NO4S2. The van der Waals surface area contributed by atoms with Gasteiger partial charge in [0.15, 0.2) is 4.34 Å². The average molecular weight is 410 g/mol. The molecular weight excluding hydrogens is 382 g/mol. The van der Waals surface area contributed by atoms with Gasteiger partial charge in [-0.05, 0) is 31.5 Å². The quantitative estimate of drug-likeness (QED) is 0.263. The van der Waals surface area contributed by atoms with Crippen LogP contribution in [-0.4, -0.2) is 35.9 Å². The van der Waals surface area contributed by atoms with E-state index >= 15 is 0 Å². The van der Waals surface area contributed by atoms with Crippen LogP contribution in [0.15, 0.2) is 22.5 Å². The van der Waals surface area contributed by atoms with Crippen LogP contribution in [0.2, 0.25) is 0 Å². The number of thioether (sulfide) groups is 1. The van der Waals surface area contributed by atoms with Gasteiger partial charge in [-0.25, -0.2) is 9.78 Å². The summed E-state index contributed by atoms with van der Waals surface area (Å²) in [6, 6.07) is 5.33. The number of esters is 2. The topological polar surface area (TPSA) is 65.5 Å². The van der Waals surface area contributed by atoms with Crippen molar-refractivity contribution >= 4 is 45.3 Å². The van der Waals surface area contributed by atoms with Crippen molar-refractivity contribution in [2.24, 2.45) is 0 Å². The average Bonchev–Trinajstić information content (AvgIpc) is 3.08. The molecule has 0 aliphatic carbocycles. The van der Waals surface area contributed by atoms with Gasteiger partial charge in [-0.1, -0.05) is 50.8 Å². The third-order valence-corrected chi connectivity index (χ3v) is 6.11. The van der Waals surface area contributed by atoms with Crippen LogP contribution in [0.25, 0.3) is 10.2 Å². The SMILES string of the molecule is CCCCCCCCOC(=O)CSc1nc2cc(C(=O)OCC)ccc2s1. The fourth-order valence-electron chi connectivity index (χ4n) is 2.54. The number of carbonyl (C=O) groups excluding carboxylic acids is 2. The van der Waals surface area contributed by atoms with Gasteiger partial charge in [0.25, 0.3) is 0 Å². The van der Waals surface area contributed by atoms with E-state index in [-0.39, 0.29) is 17.7 Å². The summed E-state index contributed by atoms with van der Waals surface area (Å²) >= 11 is 2.87. The molecule has 2 aromatic rings. The molecule has 0 atom stereocenters. The highest BCUT2D eigenvalue weighted by Crippen LogP contribution is 2.30. The predicted octanol–water partition coefficient (Wildman–Crippen LogP) is 5.47. The Morgan fingerprint density at radius 1 is 1.07 bits per heavy atom. The highest BCUT2D eigenvalue weighted by molar-refractivity contribution is 8.01. The second kappa shape index (κ2) is 12.0. The number of benzene rings is 1. The number of ether oxygens (including phenoxy) is 2. The molecule has 0 saturated carbocycles. The van der Waals surface area contributed by atoms with Crippen LogP contribution in [0.3, 0.4) is 0 Å². The van der Waals surface area contributed by atoms with Gasteiger partial charge in [0, 0.05) is 0 Å². The molecule has 0 amide bonds. The van der Waals surface area contributed by atoms with Crippen LogP contribution in [0.5, 0.6) is 0 Å². The summed E-state index contributed by atoms with van der Waals surface area (Å²) in [5.74, 6) is -0.305. The standard InChI is InChI=1S/C20H27NO4S2/c1-3-5-6-7-8-9-12-25-18(22)14-26-20-21-16-13-15(19(23)24-4-2)10-11-17(16)27-20/h10-11,13H,3-9,12,14H2,1-2H3. The zero-order valence-electron chi connectivity index (χ0n) is 16.0. The van der Waals surface area contributed by atoms with Gasteiger partial charge in [-0.2, -0.15) is 0 Å². The monoisotopic (exact) mass is 409 g/mol. The number of hydrogen-bond acceptors (Lipinski definition) is 7. The van der Waals surface area contributed by atoms with E-state index in [1.807, 2.05) is 6.07 Å². The smallest absolute Gasteiger partial charge is 0.338 e. The van der Waals surface area contributed by atoms with Crippen molar-refractivity contribution in [1.82, 2.24) is 4.98 Å². The Bertz CT molecular complexity index is 745. The Balaban J connectivity index is 1.74. The third kappa shape index (κ3) is 7.50. The summed E-state index contributed by atoms with van der Waals surface area (Å²) in [6.45, 7) is 4.81. The van der Waals surface area contributed by atoms with Crippen LogP contribution in [-0.2, 0) is 14.3 Å². The number of unbranched alkanes of at least 4 members (excludes halogenated alkanes) is 5. The molecule has 148 valence electrons. The van der Waals surface area contributed by atoms with E-state index in [1.54, 1.807) is 19.1 Å². The molecule has 0 aliphatic rings. The molecule has 27 heavy (non-hydrogen) atoms. The van der Waals surface area contributed by atoms with E-state index in [2.05, 4.69) is 11.9 Å². The lowest BCUT2D eigenvalue weighted by Crippen LogP contribution is -2.08. The van der Waals surface area contributed by atoms with Crippen LogP contribution in [0.1, 0.15) is 62.7 Å². The minimum atomic E-state index is -0.347. The minimum Gasteiger partial charge on any atom is -0.465 e. The Labute approximate surface area is 168 Å². The van der Waals surface area contributed by atoms with Crippen LogP contribution in [0.4, 0.5) is 0 Å². The summed E-state index contributed by atoms with van der Waals surface area (Å²) in [5.41, 5.74) is 1.23. The van der Waals surface area contributed by atoms with Crippen molar-refractivity contribution in [1.29, 1.82) is 0 Å². The molecule has 0 aliphatic heterocycles. The first-order valence-electron chi connectivity index (χ1n) is 9.50. The fourth-order valence-corrected chi connectivity index (χ4v) is 4.39. The number of hydrogen-bond donors (Lipinski definition) is 0. The summed E-state index contributed by atoms with van der Waals surface area (Å²) in [7, 11) is 0. The largest absolute Gasteiger partial charge is 0.465 e. The molecule has 0 fully saturated rings. The summed E-state index contributed by atoms with van der Waals surface area (Å²) in [6.07, 6.45) is 7.02. The maximum atomic E-state index is 11.9. The molecule has 1 aromatic heterocycles. The first-order valence-corrected chi connectivity index (χ1v) is 11.3. The molecule has 0 bridgehead atoms. The lowest BCUT2D eigenvalue weighted by Gasteiger charge is -2.03. The Hall–Kier alpha value is -1.60. The molecule has 1 aromatic carbocycles. The zero-order valence-corrected chi connectivity index (χ0v) is 17.6. The van der Waals surface area contributed by atoms with Gasteiger partial charge in [0.1, 0.15) is 0 Å². The van der Waals surface area contributed by atoms with Gasteiger partial charge < -0.3 is 9.47 Å².